The average Bonchev–Trinajstić information content (AvgIpc) is 2.75. The lowest BCUT2D eigenvalue weighted by Gasteiger charge is -2.13. The van der Waals surface area contributed by atoms with Crippen molar-refractivity contribution in [3.63, 3.8) is 0 Å². The van der Waals surface area contributed by atoms with Gasteiger partial charge in [0.2, 0.25) is 0 Å². The Bertz CT molecular complexity index is 410. The van der Waals surface area contributed by atoms with Crippen LogP contribution < -0.4 is 5.32 Å². The van der Waals surface area contributed by atoms with Crippen LogP contribution in [-0.4, -0.2) is 36.1 Å². The van der Waals surface area contributed by atoms with Gasteiger partial charge in [0.25, 0.3) is 0 Å². The van der Waals surface area contributed by atoms with E-state index >= 15 is 0 Å². The summed E-state index contributed by atoms with van der Waals surface area (Å²) in [5.74, 6) is 1.58. The van der Waals surface area contributed by atoms with E-state index in [-0.39, 0.29) is 0 Å². The Morgan fingerprint density at radius 2 is 2.47 bits per heavy atom. The summed E-state index contributed by atoms with van der Waals surface area (Å²) < 4.78 is 0. The van der Waals surface area contributed by atoms with Crippen molar-refractivity contribution in [1.82, 2.24) is 9.88 Å². The number of aromatic nitrogens is 1. The van der Waals surface area contributed by atoms with Crippen molar-refractivity contribution in [3.05, 3.63) is 23.9 Å². The molecule has 0 radical (unpaired) electrons. The molecule has 0 aromatic carbocycles. The molecule has 2 heterocycles. The molecule has 1 aliphatic heterocycles. The minimum absolute atomic E-state index is 0.555. The highest BCUT2D eigenvalue weighted by molar-refractivity contribution is 5.35. The van der Waals surface area contributed by atoms with Gasteiger partial charge in [-0.25, -0.2) is 4.98 Å². The normalized spacial score (nSPS) is 20.1. The highest BCUT2D eigenvalue weighted by atomic mass is 15.1. The van der Waals surface area contributed by atoms with E-state index in [0.29, 0.717) is 12.5 Å². The maximum Gasteiger partial charge on any atom is 0.126 e. The van der Waals surface area contributed by atoms with E-state index in [1.807, 2.05) is 25.1 Å². The third-order valence-electron chi connectivity index (χ3n) is 3.12. The molecule has 4 heteroatoms. The maximum atomic E-state index is 8.63. The zero-order valence-corrected chi connectivity index (χ0v) is 10.2. The van der Waals surface area contributed by atoms with Crippen molar-refractivity contribution >= 4 is 5.82 Å². The van der Waals surface area contributed by atoms with E-state index in [0.717, 1.165) is 31.1 Å². The first-order valence-electron chi connectivity index (χ1n) is 6.05. The lowest BCUT2D eigenvalue weighted by molar-refractivity contribution is 0.365. The number of hydrogen-bond acceptors (Lipinski definition) is 4. The van der Waals surface area contributed by atoms with Gasteiger partial charge in [-0.15, -0.1) is 0 Å². The van der Waals surface area contributed by atoms with Crippen molar-refractivity contribution in [2.75, 3.05) is 31.5 Å². The van der Waals surface area contributed by atoms with Gasteiger partial charge in [0.1, 0.15) is 5.82 Å². The molecule has 1 aromatic rings. The first kappa shape index (κ1) is 11.9. The predicted octanol–water partition coefficient (Wildman–Crippen LogP) is 1.65. The van der Waals surface area contributed by atoms with Crippen LogP contribution in [0.3, 0.4) is 0 Å². The number of nitrogens with one attached hydrogen (secondary N) is 1. The van der Waals surface area contributed by atoms with E-state index in [9.17, 15) is 0 Å². The fourth-order valence-corrected chi connectivity index (χ4v) is 2.21. The Hall–Kier alpha value is -1.60. The summed E-state index contributed by atoms with van der Waals surface area (Å²) in [5, 5.41) is 12.0. The number of likely N-dealkylation sites (tertiary alicyclic amines) is 1. The molecule has 0 unspecified atom stereocenters. The monoisotopic (exact) mass is 230 g/mol. The van der Waals surface area contributed by atoms with Crippen LogP contribution in [0.2, 0.25) is 0 Å². The molecule has 1 fully saturated rings. The number of nitriles is 1. The maximum absolute atomic E-state index is 8.63. The topological polar surface area (TPSA) is 52.0 Å². The second kappa shape index (κ2) is 5.65. The summed E-state index contributed by atoms with van der Waals surface area (Å²) in [6.07, 6.45) is 1.17. The van der Waals surface area contributed by atoms with Crippen LogP contribution in [0.15, 0.2) is 18.2 Å². The number of pyridine rings is 1. The second-order valence-corrected chi connectivity index (χ2v) is 4.59. The van der Waals surface area contributed by atoms with Crippen LogP contribution in [-0.2, 0) is 0 Å². The minimum Gasteiger partial charge on any atom is -0.370 e. The number of rotatable bonds is 4. The lowest BCUT2D eigenvalue weighted by atomic mass is 10.1. The van der Waals surface area contributed by atoms with Crippen LogP contribution in [0.4, 0.5) is 5.82 Å². The van der Waals surface area contributed by atoms with E-state index < -0.39 is 0 Å². The molecular formula is C13H18N4. The van der Waals surface area contributed by atoms with E-state index in [1.165, 1.54) is 6.42 Å². The van der Waals surface area contributed by atoms with Crippen molar-refractivity contribution in [1.29, 1.82) is 5.26 Å². The molecule has 1 aromatic heterocycles. The van der Waals surface area contributed by atoms with Gasteiger partial charge in [0.15, 0.2) is 0 Å². The molecule has 1 saturated heterocycles. The van der Waals surface area contributed by atoms with E-state index in [4.69, 9.17) is 5.26 Å². The van der Waals surface area contributed by atoms with Gasteiger partial charge in [0.05, 0.1) is 12.6 Å². The van der Waals surface area contributed by atoms with Gasteiger partial charge < -0.3 is 5.32 Å². The fraction of sp³-hybridized carbons (Fsp3) is 0.538. The zero-order valence-electron chi connectivity index (χ0n) is 10.2. The SMILES string of the molecule is Cc1cccc(NC[C@H]2CCN(CC#N)C2)n1. The predicted molar refractivity (Wildman–Crippen MR) is 67.6 cm³/mol. The van der Waals surface area contributed by atoms with Crippen molar-refractivity contribution in [3.8, 4) is 6.07 Å². The number of anilines is 1. The van der Waals surface area contributed by atoms with Crippen LogP contribution in [0, 0.1) is 24.2 Å². The fourth-order valence-electron chi connectivity index (χ4n) is 2.21. The molecule has 0 saturated carbocycles. The van der Waals surface area contributed by atoms with Crippen LogP contribution in [0.5, 0.6) is 0 Å². The molecule has 2 rings (SSSR count). The lowest BCUT2D eigenvalue weighted by Crippen LogP contribution is -2.23. The van der Waals surface area contributed by atoms with Crippen LogP contribution >= 0.6 is 0 Å². The zero-order chi connectivity index (χ0) is 12.1. The standard InChI is InChI=1S/C13H18N4/c1-11-3-2-4-13(16-11)15-9-12-5-7-17(10-12)8-6-14/h2-4,12H,5,7-10H2,1H3,(H,15,16)/t12-/m1/s1. The summed E-state index contributed by atoms with van der Waals surface area (Å²) >= 11 is 0. The van der Waals surface area contributed by atoms with Gasteiger partial charge in [0, 0.05) is 18.8 Å². The quantitative estimate of drug-likeness (QED) is 0.799. The molecule has 0 amide bonds. The molecule has 0 aliphatic carbocycles. The summed E-state index contributed by atoms with van der Waals surface area (Å²) in [6.45, 7) is 5.56. The molecule has 0 bridgehead atoms. The smallest absolute Gasteiger partial charge is 0.126 e. The molecule has 17 heavy (non-hydrogen) atoms. The van der Waals surface area contributed by atoms with Gasteiger partial charge in [-0.2, -0.15) is 5.26 Å². The van der Waals surface area contributed by atoms with Crippen LogP contribution in [0.25, 0.3) is 0 Å². The minimum atomic E-state index is 0.555. The van der Waals surface area contributed by atoms with E-state index in [1.54, 1.807) is 0 Å². The Morgan fingerprint density at radius 1 is 1.59 bits per heavy atom. The Morgan fingerprint density at radius 3 is 3.24 bits per heavy atom. The third kappa shape index (κ3) is 3.43. The summed E-state index contributed by atoms with van der Waals surface area (Å²) in [4.78, 5) is 6.62. The molecule has 1 aliphatic rings. The molecule has 90 valence electrons. The second-order valence-electron chi connectivity index (χ2n) is 4.59. The van der Waals surface area contributed by atoms with Crippen molar-refractivity contribution in [2.45, 2.75) is 13.3 Å². The molecule has 1 N–H and O–H groups in total. The number of hydrogen-bond donors (Lipinski definition) is 1. The molecule has 4 nitrogen and oxygen atoms in total. The highest BCUT2D eigenvalue weighted by Crippen LogP contribution is 2.16. The van der Waals surface area contributed by atoms with Crippen molar-refractivity contribution in [2.24, 2.45) is 5.92 Å². The number of aryl methyl sites for hydroxylation is 1. The Labute approximate surface area is 102 Å². The summed E-state index contributed by atoms with van der Waals surface area (Å²) in [7, 11) is 0. The van der Waals surface area contributed by atoms with Gasteiger partial charge in [-0.1, -0.05) is 6.07 Å². The Balaban J connectivity index is 1.78. The average molecular weight is 230 g/mol. The first-order chi connectivity index (χ1) is 8.28. The van der Waals surface area contributed by atoms with Gasteiger partial charge in [-0.05, 0) is 37.9 Å². The number of nitrogens with zero attached hydrogens (tertiary/aromatic N) is 3. The summed E-state index contributed by atoms with van der Waals surface area (Å²) in [5.41, 5.74) is 1.03. The third-order valence-corrected chi connectivity index (χ3v) is 3.12. The molecule has 1 atom stereocenters. The first-order valence-corrected chi connectivity index (χ1v) is 6.05. The van der Waals surface area contributed by atoms with Gasteiger partial charge >= 0.3 is 0 Å². The van der Waals surface area contributed by atoms with Crippen molar-refractivity contribution < 1.29 is 0 Å². The van der Waals surface area contributed by atoms with E-state index in [2.05, 4.69) is 21.3 Å². The van der Waals surface area contributed by atoms with Crippen LogP contribution in [0.1, 0.15) is 12.1 Å². The molecule has 0 spiro atoms. The highest BCUT2D eigenvalue weighted by Gasteiger charge is 2.21. The van der Waals surface area contributed by atoms with Gasteiger partial charge in [-0.3, -0.25) is 4.90 Å². The molecular weight excluding hydrogens is 212 g/mol. The summed E-state index contributed by atoms with van der Waals surface area (Å²) in [6, 6.07) is 8.21. The Kier molecular flexibility index (Phi) is 3.94. The largest absolute Gasteiger partial charge is 0.370 e.